The standard InChI is InChI=1S/C23H22O7/c1-2-26-18-8-10-19(11-9-18)28-16-23(25)30-14-20-12-21(24)22(15-27-20)29-13-17-6-4-3-5-7-17/h3-12,15H,2,13-14,16H2,1H3. The molecule has 0 bridgehead atoms. The first kappa shape index (κ1) is 21.0. The van der Waals surface area contributed by atoms with Crippen LogP contribution in [0.2, 0.25) is 0 Å². The molecule has 0 unspecified atom stereocenters. The number of benzene rings is 2. The van der Waals surface area contributed by atoms with Crippen molar-refractivity contribution >= 4 is 5.97 Å². The lowest BCUT2D eigenvalue weighted by Gasteiger charge is -2.08. The molecule has 0 saturated heterocycles. The highest BCUT2D eigenvalue weighted by atomic mass is 16.6. The molecule has 156 valence electrons. The zero-order chi connectivity index (χ0) is 21.2. The Morgan fingerprint density at radius 2 is 1.60 bits per heavy atom. The van der Waals surface area contributed by atoms with Gasteiger partial charge in [0.05, 0.1) is 6.61 Å². The highest BCUT2D eigenvalue weighted by molar-refractivity contribution is 5.71. The molecule has 0 amide bonds. The molecule has 0 saturated carbocycles. The molecule has 30 heavy (non-hydrogen) atoms. The minimum absolute atomic E-state index is 0.0905. The van der Waals surface area contributed by atoms with E-state index in [0.717, 1.165) is 11.3 Å². The second kappa shape index (κ2) is 10.7. The summed E-state index contributed by atoms with van der Waals surface area (Å²) in [6, 6.07) is 17.6. The monoisotopic (exact) mass is 410 g/mol. The largest absolute Gasteiger partial charge is 0.494 e. The summed E-state index contributed by atoms with van der Waals surface area (Å²) in [5, 5.41) is 0. The number of rotatable bonds is 10. The van der Waals surface area contributed by atoms with E-state index in [-0.39, 0.29) is 36.8 Å². The van der Waals surface area contributed by atoms with Crippen LogP contribution < -0.4 is 19.6 Å². The molecule has 3 rings (SSSR count). The Kier molecular flexibility index (Phi) is 7.49. The van der Waals surface area contributed by atoms with E-state index in [1.165, 1.54) is 12.3 Å². The van der Waals surface area contributed by atoms with Crippen LogP contribution >= 0.6 is 0 Å². The molecule has 0 atom stereocenters. The molecule has 1 aromatic heterocycles. The van der Waals surface area contributed by atoms with Crippen molar-refractivity contribution in [1.82, 2.24) is 0 Å². The van der Waals surface area contributed by atoms with E-state index in [2.05, 4.69) is 0 Å². The molecule has 0 aliphatic heterocycles. The van der Waals surface area contributed by atoms with Crippen LogP contribution in [0, 0.1) is 0 Å². The number of hydrogen-bond donors (Lipinski definition) is 0. The summed E-state index contributed by atoms with van der Waals surface area (Å²) in [5.74, 6) is 0.950. The molecule has 0 radical (unpaired) electrons. The average Bonchev–Trinajstić information content (AvgIpc) is 2.77. The Bertz CT molecular complexity index is 994. The first-order valence-corrected chi connectivity index (χ1v) is 9.44. The lowest BCUT2D eigenvalue weighted by molar-refractivity contribution is -0.147. The Balaban J connectivity index is 1.44. The summed E-state index contributed by atoms with van der Waals surface area (Å²) in [5.41, 5.74) is 0.580. The fourth-order valence-electron chi connectivity index (χ4n) is 2.49. The highest BCUT2D eigenvalue weighted by Gasteiger charge is 2.09. The zero-order valence-corrected chi connectivity index (χ0v) is 16.5. The summed E-state index contributed by atoms with van der Waals surface area (Å²) >= 11 is 0. The van der Waals surface area contributed by atoms with Gasteiger partial charge in [0.25, 0.3) is 0 Å². The Hall–Kier alpha value is -3.74. The van der Waals surface area contributed by atoms with Crippen LogP contribution in [0.4, 0.5) is 0 Å². The van der Waals surface area contributed by atoms with Crippen molar-refractivity contribution in [2.75, 3.05) is 13.2 Å². The van der Waals surface area contributed by atoms with Crippen LogP contribution in [0.25, 0.3) is 0 Å². The molecule has 0 fully saturated rings. The van der Waals surface area contributed by atoms with Crippen molar-refractivity contribution < 1.29 is 28.2 Å². The molecule has 2 aromatic carbocycles. The molecule has 7 heteroatoms. The van der Waals surface area contributed by atoms with Gasteiger partial charge in [0, 0.05) is 6.07 Å². The van der Waals surface area contributed by atoms with E-state index < -0.39 is 5.97 Å². The molecule has 0 aliphatic carbocycles. The topological polar surface area (TPSA) is 84.2 Å². The third-order valence-electron chi connectivity index (χ3n) is 3.96. The fourth-order valence-corrected chi connectivity index (χ4v) is 2.49. The van der Waals surface area contributed by atoms with Crippen LogP contribution in [0.5, 0.6) is 17.2 Å². The Labute approximate surface area is 173 Å². The summed E-state index contributed by atoms with van der Waals surface area (Å²) in [4.78, 5) is 24.0. The minimum Gasteiger partial charge on any atom is -0.494 e. The molecular formula is C23H22O7. The second-order valence-electron chi connectivity index (χ2n) is 6.20. The fraction of sp³-hybridized carbons (Fsp3) is 0.217. The quantitative estimate of drug-likeness (QED) is 0.471. The van der Waals surface area contributed by atoms with Gasteiger partial charge in [0.1, 0.15) is 36.7 Å². The zero-order valence-electron chi connectivity index (χ0n) is 16.5. The van der Waals surface area contributed by atoms with Gasteiger partial charge in [-0.2, -0.15) is 0 Å². The molecular weight excluding hydrogens is 388 g/mol. The first-order valence-electron chi connectivity index (χ1n) is 9.44. The Morgan fingerprint density at radius 1 is 0.900 bits per heavy atom. The third kappa shape index (κ3) is 6.41. The highest BCUT2D eigenvalue weighted by Crippen LogP contribution is 2.17. The van der Waals surface area contributed by atoms with Gasteiger partial charge in [-0.25, -0.2) is 4.79 Å². The van der Waals surface area contributed by atoms with E-state index >= 15 is 0 Å². The van der Waals surface area contributed by atoms with Gasteiger partial charge in [0.2, 0.25) is 11.2 Å². The predicted octanol–water partition coefficient (Wildman–Crippen LogP) is 3.74. The van der Waals surface area contributed by atoms with Crippen molar-refractivity contribution in [3.05, 3.63) is 88.5 Å². The maximum absolute atomic E-state index is 12.1. The van der Waals surface area contributed by atoms with Crippen LogP contribution in [-0.4, -0.2) is 19.2 Å². The smallest absolute Gasteiger partial charge is 0.344 e. The molecule has 0 spiro atoms. The minimum atomic E-state index is -0.587. The Morgan fingerprint density at radius 3 is 2.27 bits per heavy atom. The van der Waals surface area contributed by atoms with Gasteiger partial charge >= 0.3 is 5.97 Å². The van der Waals surface area contributed by atoms with Gasteiger partial charge in [-0.15, -0.1) is 0 Å². The lowest BCUT2D eigenvalue weighted by Crippen LogP contribution is -2.15. The van der Waals surface area contributed by atoms with Crippen molar-refractivity contribution in [2.45, 2.75) is 20.1 Å². The van der Waals surface area contributed by atoms with E-state index in [1.54, 1.807) is 24.3 Å². The summed E-state index contributed by atoms with van der Waals surface area (Å²) < 4.78 is 26.6. The van der Waals surface area contributed by atoms with Crippen molar-refractivity contribution in [3.8, 4) is 17.2 Å². The van der Waals surface area contributed by atoms with E-state index in [0.29, 0.717) is 12.4 Å². The number of esters is 1. The van der Waals surface area contributed by atoms with Crippen molar-refractivity contribution in [1.29, 1.82) is 0 Å². The summed E-state index contributed by atoms with van der Waals surface area (Å²) in [6.45, 7) is 2.27. The van der Waals surface area contributed by atoms with Crippen molar-refractivity contribution in [3.63, 3.8) is 0 Å². The molecule has 1 heterocycles. The summed E-state index contributed by atoms with van der Waals surface area (Å²) in [7, 11) is 0. The SMILES string of the molecule is CCOc1ccc(OCC(=O)OCc2cc(=O)c(OCc3ccccc3)co2)cc1. The average molecular weight is 410 g/mol. The number of hydrogen-bond acceptors (Lipinski definition) is 7. The maximum atomic E-state index is 12.1. The predicted molar refractivity (Wildman–Crippen MR) is 109 cm³/mol. The van der Waals surface area contributed by atoms with Gasteiger partial charge < -0.3 is 23.4 Å². The van der Waals surface area contributed by atoms with E-state index in [1.807, 2.05) is 37.3 Å². The van der Waals surface area contributed by atoms with Gasteiger partial charge in [-0.05, 0) is 36.8 Å². The van der Waals surface area contributed by atoms with Crippen LogP contribution in [0.3, 0.4) is 0 Å². The summed E-state index contributed by atoms with van der Waals surface area (Å²) in [6.07, 6.45) is 1.21. The number of carbonyl (C=O) groups excluding carboxylic acids is 1. The first-order chi connectivity index (χ1) is 14.6. The van der Waals surface area contributed by atoms with Crippen LogP contribution in [0.1, 0.15) is 18.2 Å². The molecule has 3 aromatic rings. The van der Waals surface area contributed by atoms with E-state index in [4.69, 9.17) is 23.4 Å². The normalized spacial score (nSPS) is 10.3. The van der Waals surface area contributed by atoms with Crippen molar-refractivity contribution in [2.24, 2.45) is 0 Å². The molecule has 0 N–H and O–H groups in total. The number of carbonyl (C=O) groups is 1. The molecule has 0 aliphatic rings. The van der Waals surface area contributed by atoms with Crippen LogP contribution in [-0.2, 0) is 22.7 Å². The maximum Gasteiger partial charge on any atom is 0.344 e. The van der Waals surface area contributed by atoms with Crippen LogP contribution in [0.15, 0.2) is 76.1 Å². The van der Waals surface area contributed by atoms with Gasteiger partial charge in [-0.3, -0.25) is 4.79 Å². The molecule has 7 nitrogen and oxygen atoms in total. The second-order valence-corrected chi connectivity index (χ2v) is 6.20. The van der Waals surface area contributed by atoms with Gasteiger partial charge in [-0.1, -0.05) is 30.3 Å². The third-order valence-corrected chi connectivity index (χ3v) is 3.96. The lowest BCUT2D eigenvalue weighted by atomic mass is 10.2. The van der Waals surface area contributed by atoms with E-state index in [9.17, 15) is 9.59 Å². The number of ether oxygens (including phenoxy) is 4. The van der Waals surface area contributed by atoms with Gasteiger partial charge in [0.15, 0.2) is 6.61 Å².